The highest BCUT2D eigenvalue weighted by Gasteiger charge is 2.31. The molecule has 12 heavy (non-hydrogen) atoms. The predicted molar refractivity (Wildman–Crippen MR) is 45.6 cm³/mol. The number of hydrogen-bond acceptors (Lipinski definition) is 1. The Morgan fingerprint density at radius 3 is 2.67 bits per heavy atom. The SMILES string of the molecule is C[C@H]1CC(C(C)(F)F)=CC(Cl)N1. The van der Waals surface area contributed by atoms with Crippen LogP contribution in [0.5, 0.6) is 0 Å². The molecule has 0 aliphatic carbocycles. The van der Waals surface area contributed by atoms with E-state index < -0.39 is 11.4 Å². The van der Waals surface area contributed by atoms with Gasteiger partial charge in [0, 0.05) is 13.0 Å². The van der Waals surface area contributed by atoms with Crippen molar-refractivity contribution in [3.63, 3.8) is 0 Å². The molecule has 0 fully saturated rings. The van der Waals surface area contributed by atoms with Gasteiger partial charge in [0.25, 0.3) is 5.92 Å². The minimum absolute atomic E-state index is 0.0262. The molecule has 0 amide bonds. The molecule has 0 aromatic heterocycles. The van der Waals surface area contributed by atoms with E-state index in [1.165, 1.54) is 6.08 Å². The largest absolute Gasteiger partial charge is 0.295 e. The molecule has 0 aromatic carbocycles. The Morgan fingerprint density at radius 1 is 1.67 bits per heavy atom. The van der Waals surface area contributed by atoms with E-state index in [9.17, 15) is 8.78 Å². The van der Waals surface area contributed by atoms with Gasteiger partial charge < -0.3 is 0 Å². The number of halogens is 3. The van der Waals surface area contributed by atoms with Crippen LogP contribution in [0.3, 0.4) is 0 Å². The van der Waals surface area contributed by atoms with Gasteiger partial charge in [0.2, 0.25) is 0 Å². The Kier molecular flexibility index (Phi) is 2.74. The second kappa shape index (κ2) is 3.30. The normalized spacial score (nSPS) is 31.6. The first-order chi connectivity index (χ1) is 5.39. The van der Waals surface area contributed by atoms with Crippen LogP contribution in [0.25, 0.3) is 0 Å². The molecule has 0 spiro atoms. The summed E-state index contributed by atoms with van der Waals surface area (Å²) in [7, 11) is 0. The molecule has 4 heteroatoms. The molecule has 0 bridgehead atoms. The summed E-state index contributed by atoms with van der Waals surface area (Å²) >= 11 is 5.69. The average Bonchev–Trinajstić information content (AvgIpc) is 1.82. The first kappa shape index (κ1) is 9.93. The lowest BCUT2D eigenvalue weighted by Gasteiger charge is -2.27. The van der Waals surface area contributed by atoms with E-state index in [-0.39, 0.29) is 11.6 Å². The second-order valence-electron chi connectivity index (χ2n) is 3.25. The van der Waals surface area contributed by atoms with Crippen LogP contribution in [0.4, 0.5) is 8.78 Å². The molecule has 1 N–H and O–H groups in total. The van der Waals surface area contributed by atoms with Gasteiger partial charge in [-0.2, -0.15) is 0 Å². The van der Waals surface area contributed by atoms with Crippen LogP contribution >= 0.6 is 11.6 Å². The zero-order valence-corrected chi connectivity index (χ0v) is 7.83. The van der Waals surface area contributed by atoms with Crippen molar-refractivity contribution in [2.45, 2.75) is 37.7 Å². The fourth-order valence-electron chi connectivity index (χ4n) is 1.28. The average molecular weight is 196 g/mol. The molecule has 0 saturated heterocycles. The highest BCUT2D eigenvalue weighted by molar-refractivity contribution is 6.21. The van der Waals surface area contributed by atoms with E-state index in [1.807, 2.05) is 6.92 Å². The van der Waals surface area contributed by atoms with E-state index in [4.69, 9.17) is 11.6 Å². The summed E-state index contributed by atoms with van der Waals surface area (Å²) in [6, 6.07) is 0.0262. The maximum absolute atomic E-state index is 12.8. The first-order valence-electron chi connectivity index (χ1n) is 3.88. The zero-order chi connectivity index (χ0) is 9.35. The van der Waals surface area contributed by atoms with Crippen LogP contribution in [0.2, 0.25) is 0 Å². The molecule has 1 nitrogen and oxygen atoms in total. The molecular formula is C8H12ClF2N. The fourth-order valence-corrected chi connectivity index (χ4v) is 1.65. The van der Waals surface area contributed by atoms with Crippen LogP contribution in [-0.4, -0.2) is 17.5 Å². The van der Waals surface area contributed by atoms with Crippen molar-refractivity contribution in [3.05, 3.63) is 11.6 Å². The molecular weight excluding hydrogens is 184 g/mol. The van der Waals surface area contributed by atoms with Gasteiger partial charge in [0.15, 0.2) is 0 Å². The lowest BCUT2D eigenvalue weighted by atomic mass is 9.99. The van der Waals surface area contributed by atoms with E-state index >= 15 is 0 Å². The Bertz CT molecular complexity index is 198. The number of alkyl halides is 3. The highest BCUT2D eigenvalue weighted by atomic mass is 35.5. The van der Waals surface area contributed by atoms with Crippen molar-refractivity contribution in [2.75, 3.05) is 0 Å². The fraction of sp³-hybridized carbons (Fsp3) is 0.750. The summed E-state index contributed by atoms with van der Waals surface area (Å²) in [4.78, 5) is 0. The topological polar surface area (TPSA) is 12.0 Å². The Labute approximate surface area is 75.8 Å². The van der Waals surface area contributed by atoms with Gasteiger partial charge in [0.1, 0.15) is 5.50 Å². The monoisotopic (exact) mass is 195 g/mol. The van der Waals surface area contributed by atoms with Gasteiger partial charge >= 0.3 is 0 Å². The third-order valence-electron chi connectivity index (χ3n) is 1.88. The molecule has 0 saturated carbocycles. The third kappa shape index (κ3) is 2.42. The summed E-state index contributed by atoms with van der Waals surface area (Å²) in [5.41, 5.74) is -0.330. The molecule has 0 aromatic rings. The predicted octanol–water partition coefficient (Wildman–Crippen LogP) is 2.51. The summed E-state index contributed by atoms with van der Waals surface area (Å²) in [5, 5.41) is 2.94. The molecule has 1 aliphatic rings. The van der Waals surface area contributed by atoms with Crippen LogP contribution in [0.1, 0.15) is 20.3 Å². The maximum atomic E-state index is 12.8. The van der Waals surface area contributed by atoms with E-state index in [2.05, 4.69) is 5.32 Å². The number of rotatable bonds is 1. The second-order valence-corrected chi connectivity index (χ2v) is 3.72. The smallest absolute Gasteiger partial charge is 0.266 e. The maximum Gasteiger partial charge on any atom is 0.266 e. The molecule has 0 radical (unpaired) electrons. The highest BCUT2D eigenvalue weighted by Crippen LogP contribution is 2.30. The van der Waals surface area contributed by atoms with Crippen molar-refractivity contribution < 1.29 is 8.78 Å². The van der Waals surface area contributed by atoms with E-state index in [1.54, 1.807) is 0 Å². The molecule has 2 atom stereocenters. The Balaban J connectivity index is 2.77. The lowest BCUT2D eigenvalue weighted by Crippen LogP contribution is -2.38. The van der Waals surface area contributed by atoms with Crippen LogP contribution in [0.15, 0.2) is 11.6 Å². The van der Waals surface area contributed by atoms with Crippen LogP contribution < -0.4 is 5.32 Å². The number of nitrogens with one attached hydrogen (secondary N) is 1. The zero-order valence-electron chi connectivity index (χ0n) is 7.07. The summed E-state index contributed by atoms with van der Waals surface area (Å²) in [5.74, 6) is -2.73. The standard InChI is InChI=1S/C8H12ClF2N/c1-5-3-6(8(2,10)11)4-7(9)12-5/h4-5,7,12H,3H2,1-2H3/t5-,7?/m0/s1. The Hall–Kier alpha value is -0.150. The van der Waals surface area contributed by atoms with Gasteiger partial charge in [-0.25, -0.2) is 8.78 Å². The van der Waals surface area contributed by atoms with Crippen molar-refractivity contribution in [1.82, 2.24) is 5.32 Å². The van der Waals surface area contributed by atoms with Crippen molar-refractivity contribution in [3.8, 4) is 0 Å². The lowest BCUT2D eigenvalue weighted by molar-refractivity contribution is 0.0561. The van der Waals surface area contributed by atoms with Gasteiger partial charge in [0.05, 0.1) is 0 Å². The molecule has 1 heterocycles. The quantitative estimate of drug-likeness (QED) is 0.385. The van der Waals surface area contributed by atoms with Crippen molar-refractivity contribution >= 4 is 11.6 Å². The van der Waals surface area contributed by atoms with Gasteiger partial charge in [-0.3, -0.25) is 5.32 Å². The third-order valence-corrected chi connectivity index (χ3v) is 2.13. The van der Waals surface area contributed by atoms with Crippen molar-refractivity contribution in [1.29, 1.82) is 0 Å². The molecule has 1 unspecified atom stereocenters. The van der Waals surface area contributed by atoms with Gasteiger partial charge in [-0.1, -0.05) is 0 Å². The van der Waals surface area contributed by atoms with E-state index in [0.717, 1.165) is 6.92 Å². The van der Waals surface area contributed by atoms with Crippen LogP contribution in [-0.2, 0) is 0 Å². The summed E-state index contributed by atoms with van der Waals surface area (Å²) in [6.45, 7) is 2.74. The first-order valence-corrected chi connectivity index (χ1v) is 4.32. The summed E-state index contributed by atoms with van der Waals surface area (Å²) < 4.78 is 25.6. The molecule has 1 aliphatic heterocycles. The molecule has 70 valence electrons. The van der Waals surface area contributed by atoms with Crippen molar-refractivity contribution in [2.24, 2.45) is 0 Å². The minimum atomic E-state index is -2.73. The van der Waals surface area contributed by atoms with E-state index in [0.29, 0.717) is 6.42 Å². The molecule has 1 rings (SSSR count). The Morgan fingerprint density at radius 2 is 2.25 bits per heavy atom. The van der Waals surface area contributed by atoms with Gasteiger partial charge in [-0.05, 0) is 25.0 Å². The summed E-state index contributed by atoms with van der Waals surface area (Å²) in [6.07, 6.45) is 1.76. The minimum Gasteiger partial charge on any atom is -0.295 e. The number of hydrogen-bond donors (Lipinski definition) is 1. The van der Waals surface area contributed by atoms with Crippen LogP contribution in [0, 0.1) is 0 Å². The van der Waals surface area contributed by atoms with Gasteiger partial charge in [-0.15, -0.1) is 11.6 Å².